The number of hydrogen-bond acceptors (Lipinski definition) is 4. The minimum Gasteiger partial charge on any atom is -0.493 e. The molecule has 0 spiro atoms. The molecule has 2 aromatic rings. The number of nitrogens with zero attached hydrogens (tertiary/aromatic N) is 1. The van der Waals surface area contributed by atoms with Gasteiger partial charge in [-0.05, 0) is 65.6 Å². The standard InChI is InChI=1S/C23H28Br2N2O3.ClH/c1-27(18-8-4-3-5-9-18)14-16-12-17(24)13-19(25)23(16)26-22(28)15-30-21-11-7-6-10-20(21)29-2;/h6-7,10-13,18H,3-5,8-9,14-15H2,1-2H3,(H,26,28);1H. The third-order valence-electron chi connectivity index (χ3n) is 5.45. The van der Waals surface area contributed by atoms with Crippen LogP contribution in [0.5, 0.6) is 11.5 Å². The lowest BCUT2D eigenvalue weighted by molar-refractivity contribution is -0.118. The summed E-state index contributed by atoms with van der Waals surface area (Å²) in [7, 11) is 3.75. The van der Waals surface area contributed by atoms with Crippen LogP contribution < -0.4 is 14.8 Å². The lowest BCUT2D eigenvalue weighted by Gasteiger charge is -2.32. The average Bonchev–Trinajstić information content (AvgIpc) is 2.75. The summed E-state index contributed by atoms with van der Waals surface area (Å²) in [5.41, 5.74) is 1.85. The minimum atomic E-state index is -0.217. The molecule has 1 amide bonds. The van der Waals surface area contributed by atoms with Crippen molar-refractivity contribution in [3.05, 3.63) is 50.9 Å². The van der Waals surface area contributed by atoms with Gasteiger partial charge in [-0.1, -0.05) is 47.3 Å². The Morgan fingerprint density at radius 1 is 1.13 bits per heavy atom. The van der Waals surface area contributed by atoms with Crippen LogP contribution >= 0.6 is 44.3 Å². The van der Waals surface area contributed by atoms with Gasteiger partial charge in [-0.2, -0.15) is 0 Å². The second kappa shape index (κ2) is 12.7. The summed E-state index contributed by atoms with van der Waals surface area (Å²) in [6, 6.07) is 11.9. The molecule has 5 nitrogen and oxygen atoms in total. The van der Waals surface area contributed by atoms with Crippen molar-refractivity contribution < 1.29 is 14.3 Å². The Balaban J connectivity index is 0.00000341. The van der Waals surface area contributed by atoms with Gasteiger partial charge in [0.25, 0.3) is 5.91 Å². The summed E-state index contributed by atoms with van der Waals surface area (Å²) in [6.07, 6.45) is 6.39. The number of benzene rings is 2. The van der Waals surface area contributed by atoms with Gasteiger partial charge in [0.2, 0.25) is 0 Å². The second-order valence-corrected chi connectivity index (χ2v) is 9.39. The maximum atomic E-state index is 12.6. The van der Waals surface area contributed by atoms with Crippen molar-refractivity contribution >= 4 is 55.9 Å². The van der Waals surface area contributed by atoms with E-state index in [9.17, 15) is 4.79 Å². The highest BCUT2D eigenvalue weighted by Gasteiger charge is 2.20. The molecule has 1 fully saturated rings. The third-order valence-corrected chi connectivity index (χ3v) is 6.53. The number of amides is 1. The van der Waals surface area contributed by atoms with E-state index in [0.29, 0.717) is 17.5 Å². The first kappa shape index (κ1) is 26.0. The van der Waals surface area contributed by atoms with Crippen LogP contribution in [-0.4, -0.2) is 37.6 Å². The highest BCUT2D eigenvalue weighted by molar-refractivity contribution is 9.11. The van der Waals surface area contributed by atoms with Crippen molar-refractivity contribution in [2.75, 3.05) is 26.1 Å². The first-order chi connectivity index (χ1) is 14.5. The topological polar surface area (TPSA) is 50.8 Å². The van der Waals surface area contributed by atoms with Gasteiger partial charge in [0.15, 0.2) is 18.1 Å². The van der Waals surface area contributed by atoms with Crippen molar-refractivity contribution in [1.29, 1.82) is 0 Å². The Bertz CT molecular complexity index is 876. The number of anilines is 1. The fourth-order valence-electron chi connectivity index (χ4n) is 3.87. The number of carbonyl (C=O) groups excluding carboxylic acids is 1. The van der Waals surface area contributed by atoms with E-state index >= 15 is 0 Å². The van der Waals surface area contributed by atoms with E-state index in [1.807, 2.05) is 18.2 Å². The minimum absolute atomic E-state index is 0. The SMILES string of the molecule is COc1ccccc1OCC(=O)Nc1c(Br)cc(Br)cc1CN(C)C1CCCCC1.Cl. The first-order valence-electron chi connectivity index (χ1n) is 10.2. The zero-order valence-electron chi connectivity index (χ0n) is 17.8. The normalized spacial score (nSPS) is 14.1. The molecule has 2 aromatic carbocycles. The summed E-state index contributed by atoms with van der Waals surface area (Å²) in [5, 5.41) is 3.02. The van der Waals surface area contributed by atoms with Crippen LogP contribution in [0, 0.1) is 0 Å². The van der Waals surface area contributed by atoms with Gasteiger partial charge >= 0.3 is 0 Å². The van der Waals surface area contributed by atoms with E-state index in [-0.39, 0.29) is 24.9 Å². The molecule has 1 N–H and O–H groups in total. The molecule has 1 aliphatic carbocycles. The molecule has 0 saturated heterocycles. The van der Waals surface area contributed by atoms with Crippen molar-refractivity contribution in [3.63, 3.8) is 0 Å². The summed E-state index contributed by atoms with van der Waals surface area (Å²) in [6.45, 7) is 0.673. The van der Waals surface area contributed by atoms with Crippen LogP contribution in [-0.2, 0) is 11.3 Å². The Labute approximate surface area is 207 Å². The number of nitrogens with one attached hydrogen (secondary N) is 1. The molecule has 0 unspecified atom stereocenters. The second-order valence-electron chi connectivity index (χ2n) is 7.62. The van der Waals surface area contributed by atoms with Crippen molar-refractivity contribution in [2.24, 2.45) is 0 Å². The molecule has 170 valence electrons. The zero-order chi connectivity index (χ0) is 21.5. The predicted octanol–water partition coefficient (Wildman–Crippen LogP) is 6.42. The molecular weight excluding hydrogens is 548 g/mol. The Kier molecular flexibility index (Phi) is 10.6. The summed E-state index contributed by atoms with van der Waals surface area (Å²) in [4.78, 5) is 15.0. The number of hydrogen-bond donors (Lipinski definition) is 1. The molecule has 31 heavy (non-hydrogen) atoms. The zero-order valence-corrected chi connectivity index (χ0v) is 21.8. The number of halogens is 3. The molecule has 1 saturated carbocycles. The first-order valence-corrected chi connectivity index (χ1v) is 11.8. The quantitative estimate of drug-likeness (QED) is 0.394. The molecule has 0 heterocycles. The molecule has 0 aromatic heterocycles. The third kappa shape index (κ3) is 7.38. The van der Waals surface area contributed by atoms with E-state index in [4.69, 9.17) is 9.47 Å². The van der Waals surface area contributed by atoms with Gasteiger partial charge in [0, 0.05) is 21.5 Å². The fraction of sp³-hybridized carbons (Fsp3) is 0.435. The molecule has 3 rings (SSSR count). The fourth-order valence-corrected chi connectivity index (χ4v) is 5.28. The van der Waals surface area contributed by atoms with Crippen molar-refractivity contribution in [3.8, 4) is 11.5 Å². The number of para-hydroxylation sites is 2. The summed E-state index contributed by atoms with van der Waals surface area (Å²) >= 11 is 7.18. The lowest BCUT2D eigenvalue weighted by atomic mass is 9.94. The smallest absolute Gasteiger partial charge is 0.262 e. The van der Waals surface area contributed by atoms with Crippen LogP contribution in [0.1, 0.15) is 37.7 Å². The molecule has 0 aliphatic heterocycles. The van der Waals surface area contributed by atoms with Crippen LogP contribution in [0.15, 0.2) is 45.3 Å². The van der Waals surface area contributed by atoms with Crippen molar-refractivity contribution in [2.45, 2.75) is 44.7 Å². The average molecular weight is 577 g/mol. The summed E-state index contributed by atoms with van der Waals surface area (Å²) < 4.78 is 12.8. The molecule has 0 bridgehead atoms. The largest absolute Gasteiger partial charge is 0.493 e. The van der Waals surface area contributed by atoms with Crippen LogP contribution in [0.2, 0.25) is 0 Å². The highest BCUT2D eigenvalue weighted by atomic mass is 79.9. The lowest BCUT2D eigenvalue weighted by Crippen LogP contribution is -2.33. The van der Waals surface area contributed by atoms with E-state index in [1.165, 1.54) is 32.1 Å². The Morgan fingerprint density at radius 3 is 2.48 bits per heavy atom. The number of rotatable bonds is 8. The van der Waals surface area contributed by atoms with E-state index in [1.54, 1.807) is 19.2 Å². The maximum Gasteiger partial charge on any atom is 0.262 e. The van der Waals surface area contributed by atoms with Crippen molar-refractivity contribution in [1.82, 2.24) is 4.90 Å². The Hall–Kier alpha value is -1.28. The van der Waals surface area contributed by atoms with E-state index in [0.717, 1.165) is 26.7 Å². The molecule has 0 atom stereocenters. The van der Waals surface area contributed by atoms with Gasteiger partial charge in [0.05, 0.1) is 12.8 Å². The van der Waals surface area contributed by atoms with Gasteiger partial charge < -0.3 is 14.8 Å². The molecular formula is C23H29Br2ClN2O3. The van der Waals surface area contributed by atoms with E-state index in [2.05, 4.69) is 55.2 Å². The van der Waals surface area contributed by atoms with Crippen LogP contribution in [0.4, 0.5) is 5.69 Å². The van der Waals surface area contributed by atoms with E-state index < -0.39 is 0 Å². The molecule has 0 radical (unpaired) electrons. The summed E-state index contributed by atoms with van der Waals surface area (Å²) in [5.74, 6) is 0.928. The number of carbonyl (C=O) groups is 1. The maximum absolute atomic E-state index is 12.6. The van der Waals surface area contributed by atoms with Crippen LogP contribution in [0.3, 0.4) is 0 Å². The van der Waals surface area contributed by atoms with Crippen LogP contribution in [0.25, 0.3) is 0 Å². The predicted molar refractivity (Wildman–Crippen MR) is 135 cm³/mol. The Morgan fingerprint density at radius 2 is 1.81 bits per heavy atom. The monoisotopic (exact) mass is 574 g/mol. The number of ether oxygens (including phenoxy) is 2. The van der Waals surface area contributed by atoms with Gasteiger partial charge in [-0.25, -0.2) is 0 Å². The van der Waals surface area contributed by atoms with Gasteiger partial charge in [-0.15, -0.1) is 12.4 Å². The highest BCUT2D eigenvalue weighted by Crippen LogP contribution is 2.33. The number of methoxy groups -OCH3 is 1. The van der Waals surface area contributed by atoms with Gasteiger partial charge in [0.1, 0.15) is 0 Å². The molecule has 1 aliphatic rings. The van der Waals surface area contributed by atoms with Gasteiger partial charge in [-0.3, -0.25) is 9.69 Å². The molecule has 8 heteroatoms.